The van der Waals surface area contributed by atoms with E-state index in [2.05, 4.69) is 32.1 Å². The van der Waals surface area contributed by atoms with Crippen molar-refractivity contribution in [1.82, 2.24) is 25.0 Å². The van der Waals surface area contributed by atoms with Gasteiger partial charge in [-0.3, -0.25) is 14.4 Å². The summed E-state index contributed by atoms with van der Waals surface area (Å²) in [6.45, 7) is 4.53. The van der Waals surface area contributed by atoms with Crippen LogP contribution in [0.4, 0.5) is 5.69 Å². The predicted octanol–water partition coefficient (Wildman–Crippen LogP) is -0.269. The second-order valence-corrected chi connectivity index (χ2v) is 6.24. The van der Waals surface area contributed by atoms with Crippen molar-refractivity contribution in [2.45, 2.75) is 0 Å². The molecule has 1 aliphatic rings. The maximum Gasteiger partial charge on any atom is 0.271 e. The van der Waals surface area contributed by atoms with Crippen molar-refractivity contribution in [3.8, 4) is 17.9 Å². The molecule has 3 heterocycles. The molecular weight excluding hydrogens is 358 g/mol. The number of nitrogens with zero attached hydrogens (tertiary/aromatic N) is 5. The number of hydrogen-bond donors (Lipinski definition) is 2. The van der Waals surface area contributed by atoms with Gasteiger partial charge in [-0.05, 0) is 24.0 Å². The smallest absolute Gasteiger partial charge is 0.271 e. The highest BCUT2D eigenvalue weighted by atomic mass is 16.5. The van der Waals surface area contributed by atoms with Gasteiger partial charge in [0, 0.05) is 39.3 Å². The lowest BCUT2D eigenvalue weighted by molar-refractivity contribution is 0.0383. The lowest BCUT2D eigenvalue weighted by Gasteiger charge is -2.26. The first kappa shape index (κ1) is 19.4. The van der Waals surface area contributed by atoms with Crippen molar-refractivity contribution in [3.63, 3.8) is 0 Å². The Hall–Kier alpha value is -3.40. The number of anilines is 1. The average Bonchev–Trinajstić information content (AvgIpc) is 3.09. The fourth-order valence-corrected chi connectivity index (χ4v) is 2.69. The highest BCUT2D eigenvalue weighted by Crippen LogP contribution is 2.09. The van der Waals surface area contributed by atoms with Crippen LogP contribution < -0.4 is 11.1 Å². The molecule has 0 aromatic carbocycles. The summed E-state index contributed by atoms with van der Waals surface area (Å²) in [6, 6.07) is 6.68. The first-order valence-corrected chi connectivity index (χ1v) is 8.88. The Labute approximate surface area is 163 Å². The van der Waals surface area contributed by atoms with Crippen LogP contribution in [0.15, 0.2) is 18.2 Å². The van der Waals surface area contributed by atoms with Crippen LogP contribution in [0, 0.1) is 23.2 Å². The van der Waals surface area contributed by atoms with Gasteiger partial charge in [-0.25, -0.2) is 4.98 Å². The van der Waals surface area contributed by atoms with Gasteiger partial charge in [-0.2, -0.15) is 10.4 Å². The van der Waals surface area contributed by atoms with Gasteiger partial charge in [0.15, 0.2) is 5.69 Å². The molecule has 9 nitrogen and oxygen atoms in total. The van der Waals surface area contributed by atoms with Gasteiger partial charge in [0.05, 0.1) is 18.9 Å². The summed E-state index contributed by atoms with van der Waals surface area (Å²) >= 11 is 0. The molecule has 3 rings (SSSR count). The minimum Gasteiger partial charge on any atom is -0.396 e. The van der Waals surface area contributed by atoms with Crippen molar-refractivity contribution >= 4 is 11.6 Å². The number of aromatic nitrogens is 3. The van der Waals surface area contributed by atoms with E-state index in [1.807, 2.05) is 6.07 Å². The van der Waals surface area contributed by atoms with Crippen LogP contribution in [0.1, 0.15) is 27.6 Å². The molecule has 0 spiro atoms. The number of morpholine rings is 1. The minimum atomic E-state index is -0.249. The molecule has 0 radical (unpaired) electrons. The zero-order valence-electron chi connectivity index (χ0n) is 15.6. The third kappa shape index (κ3) is 4.86. The monoisotopic (exact) mass is 379 g/mol. The molecule has 144 valence electrons. The Balaban J connectivity index is 1.63. The van der Waals surface area contributed by atoms with Crippen LogP contribution >= 0.6 is 0 Å². The molecule has 1 amide bonds. The van der Waals surface area contributed by atoms with E-state index in [4.69, 9.17) is 15.7 Å². The third-order valence-corrected chi connectivity index (χ3v) is 4.28. The number of carbonyl (C=O) groups excluding carboxylic acids is 1. The topological polar surface area (TPSA) is 122 Å². The number of pyridine rings is 1. The molecular formula is C19H21N7O2. The van der Waals surface area contributed by atoms with Gasteiger partial charge in [0.25, 0.3) is 5.91 Å². The molecule has 28 heavy (non-hydrogen) atoms. The number of nitrogen functional groups attached to an aromatic ring is 1. The van der Waals surface area contributed by atoms with Crippen molar-refractivity contribution in [1.29, 1.82) is 5.26 Å². The number of ether oxygens (including phenoxy) is 1. The maximum absolute atomic E-state index is 12.3. The molecule has 0 unspecified atom stereocenters. The fourth-order valence-electron chi connectivity index (χ4n) is 2.69. The second kappa shape index (κ2) is 9.00. The first-order valence-electron chi connectivity index (χ1n) is 8.88. The van der Waals surface area contributed by atoms with Crippen LogP contribution in [0.5, 0.6) is 0 Å². The number of carbonyl (C=O) groups is 1. The predicted molar refractivity (Wildman–Crippen MR) is 102 cm³/mol. The normalized spacial score (nSPS) is 14.0. The van der Waals surface area contributed by atoms with E-state index in [0.29, 0.717) is 29.3 Å². The van der Waals surface area contributed by atoms with Crippen LogP contribution in [-0.2, 0) is 11.8 Å². The Morgan fingerprint density at radius 1 is 1.36 bits per heavy atom. The van der Waals surface area contributed by atoms with Gasteiger partial charge < -0.3 is 15.8 Å². The molecule has 0 aliphatic carbocycles. The molecule has 2 aromatic rings. The Bertz CT molecular complexity index is 959. The number of amides is 1. The first-order chi connectivity index (χ1) is 13.6. The second-order valence-electron chi connectivity index (χ2n) is 6.24. The van der Waals surface area contributed by atoms with E-state index in [0.717, 1.165) is 32.8 Å². The van der Waals surface area contributed by atoms with Crippen molar-refractivity contribution in [3.05, 3.63) is 41.0 Å². The van der Waals surface area contributed by atoms with Crippen LogP contribution in [-0.4, -0.2) is 65.0 Å². The van der Waals surface area contributed by atoms with E-state index in [1.165, 1.54) is 10.7 Å². The fraction of sp³-hybridized carbons (Fsp3) is 0.368. The molecule has 2 aromatic heterocycles. The molecule has 1 aliphatic heterocycles. The molecule has 1 fully saturated rings. The van der Waals surface area contributed by atoms with E-state index in [1.54, 1.807) is 19.2 Å². The number of hydrogen-bond acceptors (Lipinski definition) is 7. The van der Waals surface area contributed by atoms with E-state index >= 15 is 0 Å². The molecule has 0 bridgehead atoms. The number of nitriles is 1. The summed E-state index contributed by atoms with van der Waals surface area (Å²) in [6.07, 6.45) is 0. The zero-order valence-corrected chi connectivity index (χ0v) is 15.6. The Morgan fingerprint density at radius 3 is 2.89 bits per heavy atom. The number of nitrogens with one attached hydrogen (secondary N) is 1. The molecule has 1 saturated heterocycles. The lowest BCUT2D eigenvalue weighted by Crippen LogP contribution is -2.41. The van der Waals surface area contributed by atoms with E-state index in [9.17, 15) is 4.79 Å². The largest absolute Gasteiger partial charge is 0.396 e. The van der Waals surface area contributed by atoms with Crippen molar-refractivity contribution < 1.29 is 9.53 Å². The Kier molecular flexibility index (Phi) is 6.22. The average molecular weight is 379 g/mol. The van der Waals surface area contributed by atoms with E-state index < -0.39 is 0 Å². The van der Waals surface area contributed by atoms with Crippen molar-refractivity contribution in [2.24, 2.45) is 7.05 Å². The summed E-state index contributed by atoms with van der Waals surface area (Å²) in [5.41, 5.74) is 7.62. The number of aryl methyl sites for hydroxylation is 1. The van der Waals surface area contributed by atoms with Crippen LogP contribution in [0.25, 0.3) is 0 Å². The third-order valence-electron chi connectivity index (χ3n) is 4.28. The maximum atomic E-state index is 12.3. The summed E-state index contributed by atoms with van der Waals surface area (Å²) in [5, 5.41) is 16.0. The number of nitrogens with two attached hydrogens (primary N) is 1. The minimum absolute atomic E-state index is 0.240. The van der Waals surface area contributed by atoms with Gasteiger partial charge in [-0.1, -0.05) is 0 Å². The Morgan fingerprint density at radius 2 is 2.14 bits per heavy atom. The lowest BCUT2D eigenvalue weighted by atomic mass is 10.2. The van der Waals surface area contributed by atoms with Crippen molar-refractivity contribution in [2.75, 3.05) is 45.1 Å². The summed E-state index contributed by atoms with van der Waals surface area (Å²) < 4.78 is 6.83. The summed E-state index contributed by atoms with van der Waals surface area (Å²) in [4.78, 5) is 18.6. The van der Waals surface area contributed by atoms with Crippen LogP contribution in [0.2, 0.25) is 0 Å². The molecule has 9 heteroatoms. The van der Waals surface area contributed by atoms with Gasteiger partial charge in [-0.15, -0.1) is 0 Å². The van der Waals surface area contributed by atoms with Gasteiger partial charge >= 0.3 is 0 Å². The van der Waals surface area contributed by atoms with Crippen LogP contribution in [0.3, 0.4) is 0 Å². The zero-order chi connectivity index (χ0) is 19.9. The molecule has 0 saturated carbocycles. The number of rotatable bonds is 4. The van der Waals surface area contributed by atoms with E-state index in [-0.39, 0.29) is 11.6 Å². The highest BCUT2D eigenvalue weighted by Gasteiger charge is 2.13. The highest BCUT2D eigenvalue weighted by molar-refractivity contribution is 5.92. The SMILES string of the molecule is Cn1nc(C(=O)NCCN2CCOCC2)cc1C#Cc1nc(C#N)ccc1N. The van der Waals surface area contributed by atoms with Gasteiger partial charge in [0.1, 0.15) is 23.2 Å². The molecule has 3 N–H and O–H groups in total. The summed E-state index contributed by atoms with van der Waals surface area (Å²) in [7, 11) is 1.71. The molecule has 0 atom stereocenters. The van der Waals surface area contributed by atoms with Gasteiger partial charge in [0.2, 0.25) is 0 Å². The summed E-state index contributed by atoms with van der Waals surface area (Å²) in [5.74, 6) is 5.49. The quantitative estimate of drug-likeness (QED) is 0.701. The standard InChI is InChI=1S/C19H21N7O2/c1-25-15(3-5-17-16(21)4-2-14(13-20)23-17)12-18(24-25)19(27)22-6-7-26-8-10-28-11-9-26/h2,4,12H,6-11,21H2,1H3,(H,22,27).